The molecule has 0 saturated heterocycles. The van der Waals surface area contributed by atoms with Gasteiger partial charge in [-0.25, -0.2) is 0 Å². The lowest BCUT2D eigenvalue weighted by Gasteiger charge is -1.96. The van der Waals surface area contributed by atoms with Gasteiger partial charge in [0.1, 0.15) is 6.26 Å². The first kappa shape index (κ1) is 8.67. The highest BCUT2D eigenvalue weighted by atomic mass is 16.4. The topological polar surface area (TPSA) is 55.9 Å². The summed E-state index contributed by atoms with van der Waals surface area (Å²) in [4.78, 5) is 4.32. The number of hydrogen-bond donors (Lipinski definition) is 1. The summed E-state index contributed by atoms with van der Waals surface area (Å²) in [6.07, 6.45) is 7.75. The quantitative estimate of drug-likeness (QED) is 0.810. The number of oxazole rings is 1. The Morgan fingerprint density at radius 1 is 1.53 bits per heavy atom. The van der Waals surface area contributed by atoms with E-state index in [1.807, 2.05) is 12.3 Å². The molecule has 0 unspecified atom stereocenters. The third-order valence-electron chi connectivity index (χ3n) is 2.39. The molecule has 2 aromatic rings. The average molecular weight is 204 g/mol. The molecule has 0 amide bonds. The van der Waals surface area contributed by atoms with Crippen LogP contribution in [-0.2, 0) is 6.54 Å². The first-order valence-corrected chi connectivity index (χ1v) is 5.09. The van der Waals surface area contributed by atoms with Crippen LogP contribution in [0.4, 0.5) is 0 Å². The normalized spacial score (nSPS) is 15.7. The number of rotatable bonds is 4. The van der Waals surface area contributed by atoms with Crippen LogP contribution < -0.4 is 5.32 Å². The van der Waals surface area contributed by atoms with E-state index in [2.05, 4.69) is 15.4 Å². The van der Waals surface area contributed by atoms with Gasteiger partial charge in [-0.1, -0.05) is 0 Å². The predicted molar refractivity (Wildman–Crippen MR) is 53.5 cm³/mol. The Hall–Kier alpha value is -1.62. The summed E-state index contributed by atoms with van der Waals surface area (Å²) in [5.74, 6) is 0. The van der Waals surface area contributed by atoms with Gasteiger partial charge in [-0.2, -0.15) is 14.8 Å². The van der Waals surface area contributed by atoms with Crippen LogP contribution >= 0.6 is 0 Å². The van der Waals surface area contributed by atoms with E-state index >= 15 is 0 Å². The monoisotopic (exact) mass is 204 g/mol. The van der Waals surface area contributed by atoms with Crippen LogP contribution in [0.15, 0.2) is 29.1 Å². The third-order valence-corrected chi connectivity index (χ3v) is 2.39. The minimum atomic E-state index is 0.521. The molecule has 78 valence electrons. The lowest BCUT2D eigenvalue weighted by Crippen LogP contribution is -2.15. The number of aromatic nitrogens is 3. The molecule has 1 aliphatic carbocycles. The standard InChI is InChI=1S/C10H12N4O/c1-4-12-14(5-1)10-13-9(7-15-10)6-11-8-2-3-8/h1,4-5,7-8,11H,2-3,6H2. The Balaban J connectivity index is 1.69. The zero-order valence-corrected chi connectivity index (χ0v) is 8.26. The molecular formula is C10H12N4O. The molecule has 0 aliphatic heterocycles. The number of hydrogen-bond acceptors (Lipinski definition) is 4. The van der Waals surface area contributed by atoms with Crippen LogP contribution in [0.1, 0.15) is 18.5 Å². The fourth-order valence-electron chi connectivity index (χ4n) is 1.40. The van der Waals surface area contributed by atoms with Crippen LogP contribution in [0.3, 0.4) is 0 Å². The van der Waals surface area contributed by atoms with Crippen LogP contribution in [0, 0.1) is 0 Å². The molecule has 2 heterocycles. The first-order valence-electron chi connectivity index (χ1n) is 5.09. The molecule has 1 saturated carbocycles. The van der Waals surface area contributed by atoms with E-state index in [0.29, 0.717) is 12.1 Å². The van der Waals surface area contributed by atoms with Crippen molar-refractivity contribution >= 4 is 0 Å². The molecule has 0 bridgehead atoms. The van der Waals surface area contributed by atoms with E-state index < -0.39 is 0 Å². The van der Waals surface area contributed by atoms with Crippen molar-refractivity contribution in [1.82, 2.24) is 20.1 Å². The van der Waals surface area contributed by atoms with E-state index in [1.54, 1.807) is 17.1 Å². The summed E-state index contributed by atoms with van der Waals surface area (Å²) in [7, 11) is 0. The maximum Gasteiger partial charge on any atom is 0.322 e. The zero-order valence-electron chi connectivity index (χ0n) is 8.26. The molecule has 0 radical (unpaired) electrons. The maximum absolute atomic E-state index is 5.31. The van der Waals surface area contributed by atoms with Gasteiger partial charge in [-0.15, -0.1) is 0 Å². The van der Waals surface area contributed by atoms with Crippen molar-refractivity contribution in [2.24, 2.45) is 0 Å². The van der Waals surface area contributed by atoms with Gasteiger partial charge >= 0.3 is 6.01 Å². The zero-order chi connectivity index (χ0) is 10.1. The molecule has 2 aromatic heterocycles. The molecule has 5 heteroatoms. The van der Waals surface area contributed by atoms with Gasteiger partial charge in [0.2, 0.25) is 0 Å². The van der Waals surface area contributed by atoms with Gasteiger partial charge in [-0.3, -0.25) is 0 Å². The number of nitrogens with one attached hydrogen (secondary N) is 1. The van der Waals surface area contributed by atoms with Crippen LogP contribution in [-0.4, -0.2) is 20.8 Å². The van der Waals surface area contributed by atoms with Gasteiger partial charge in [0, 0.05) is 25.0 Å². The van der Waals surface area contributed by atoms with Gasteiger partial charge in [0.05, 0.1) is 5.69 Å². The van der Waals surface area contributed by atoms with Crippen LogP contribution in [0.2, 0.25) is 0 Å². The Morgan fingerprint density at radius 3 is 3.20 bits per heavy atom. The Kier molecular flexibility index (Phi) is 2.03. The molecular weight excluding hydrogens is 192 g/mol. The van der Waals surface area contributed by atoms with Crippen LogP contribution in [0.25, 0.3) is 6.01 Å². The van der Waals surface area contributed by atoms with Gasteiger partial charge in [0.15, 0.2) is 0 Å². The number of nitrogens with zero attached hydrogens (tertiary/aromatic N) is 3. The molecule has 3 rings (SSSR count). The first-order chi connectivity index (χ1) is 7.42. The molecule has 0 aromatic carbocycles. The lowest BCUT2D eigenvalue weighted by molar-refractivity contribution is 0.509. The SMILES string of the molecule is c1cnn(-c2nc(CNC3CC3)co2)c1. The van der Waals surface area contributed by atoms with Crippen molar-refractivity contribution in [3.8, 4) is 6.01 Å². The van der Waals surface area contributed by atoms with Gasteiger partial charge < -0.3 is 9.73 Å². The fraction of sp³-hybridized carbons (Fsp3) is 0.400. The van der Waals surface area contributed by atoms with E-state index in [-0.39, 0.29) is 0 Å². The second-order valence-corrected chi connectivity index (χ2v) is 3.73. The van der Waals surface area contributed by atoms with E-state index in [9.17, 15) is 0 Å². The molecule has 1 aliphatic rings. The Bertz CT molecular complexity index is 430. The second kappa shape index (κ2) is 3.51. The summed E-state index contributed by atoms with van der Waals surface area (Å²) < 4.78 is 6.92. The average Bonchev–Trinajstić information content (AvgIpc) is 2.78. The van der Waals surface area contributed by atoms with E-state index in [4.69, 9.17) is 4.42 Å². The third kappa shape index (κ3) is 1.92. The van der Waals surface area contributed by atoms with Crippen molar-refractivity contribution < 1.29 is 4.42 Å². The highest BCUT2D eigenvalue weighted by Gasteiger charge is 2.20. The minimum Gasteiger partial charge on any atom is -0.430 e. The van der Waals surface area contributed by atoms with Crippen molar-refractivity contribution in [3.05, 3.63) is 30.4 Å². The van der Waals surface area contributed by atoms with Gasteiger partial charge in [0.25, 0.3) is 0 Å². The summed E-state index contributed by atoms with van der Waals surface area (Å²) in [6, 6.07) is 3.05. The van der Waals surface area contributed by atoms with Crippen LogP contribution in [0.5, 0.6) is 0 Å². The Morgan fingerprint density at radius 2 is 2.47 bits per heavy atom. The second-order valence-electron chi connectivity index (χ2n) is 3.73. The minimum absolute atomic E-state index is 0.521. The van der Waals surface area contributed by atoms with E-state index in [0.717, 1.165) is 12.2 Å². The van der Waals surface area contributed by atoms with Crippen molar-refractivity contribution in [2.75, 3.05) is 0 Å². The smallest absolute Gasteiger partial charge is 0.322 e. The summed E-state index contributed by atoms with van der Waals surface area (Å²) in [5, 5.41) is 7.43. The van der Waals surface area contributed by atoms with Crippen molar-refractivity contribution in [1.29, 1.82) is 0 Å². The van der Waals surface area contributed by atoms with Gasteiger partial charge in [-0.05, 0) is 18.9 Å². The van der Waals surface area contributed by atoms with Crippen molar-refractivity contribution in [2.45, 2.75) is 25.4 Å². The summed E-state index contributed by atoms with van der Waals surface area (Å²) in [5.41, 5.74) is 0.924. The highest BCUT2D eigenvalue weighted by Crippen LogP contribution is 2.19. The molecule has 1 N–H and O–H groups in total. The molecule has 1 fully saturated rings. The summed E-state index contributed by atoms with van der Waals surface area (Å²) in [6.45, 7) is 0.773. The van der Waals surface area contributed by atoms with Crippen molar-refractivity contribution in [3.63, 3.8) is 0 Å². The predicted octanol–water partition coefficient (Wildman–Crippen LogP) is 1.11. The molecule has 5 nitrogen and oxygen atoms in total. The largest absolute Gasteiger partial charge is 0.430 e. The highest BCUT2D eigenvalue weighted by molar-refractivity contribution is 5.08. The summed E-state index contributed by atoms with van der Waals surface area (Å²) >= 11 is 0. The maximum atomic E-state index is 5.31. The molecule has 15 heavy (non-hydrogen) atoms. The lowest BCUT2D eigenvalue weighted by atomic mass is 10.5. The molecule has 0 atom stereocenters. The molecule has 0 spiro atoms. The fourth-order valence-corrected chi connectivity index (χ4v) is 1.40. The van der Waals surface area contributed by atoms with E-state index in [1.165, 1.54) is 12.8 Å². The Labute approximate surface area is 87.1 Å².